The van der Waals surface area contributed by atoms with Crippen molar-refractivity contribution < 1.29 is 9.59 Å². The van der Waals surface area contributed by atoms with Crippen LogP contribution in [0, 0.1) is 13.8 Å². The number of carbonyl (C=O) groups is 2. The number of nitrogens with zero attached hydrogens (tertiary/aromatic N) is 2. The molecule has 1 heterocycles. The minimum Gasteiger partial charge on any atom is -0.352 e. The monoisotopic (exact) mass is 325 g/mol. The fraction of sp³-hybridized carbons (Fsp3) is 0.316. The first-order valence-corrected chi connectivity index (χ1v) is 7.97. The van der Waals surface area contributed by atoms with Crippen molar-refractivity contribution in [2.75, 3.05) is 11.4 Å². The first-order valence-electron chi connectivity index (χ1n) is 7.97. The molecule has 0 saturated heterocycles. The second kappa shape index (κ2) is 8.24. The SMILES string of the molecule is CC(=O)N(CCC(=O)NCc1cccnc1)c1cc(C)cc(C)c1. The van der Waals surface area contributed by atoms with Crippen LogP contribution in [-0.2, 0) is 16.1 Å². The van der Waals surface area contributed by atoms with E-state index in [4.69, 9.17) is 0 Å². The topological polar surface area (TPSA) is 62.3 Å². The molecule has 2 aromatic rings. The van der Waals surface area contributed by atoms with Crippen LogP contribution in [0.5, 0.6) is 0 Å². The average molecular weight is 325 g/mol. The lowest BCUT2D eigenvalue weighted by atomic mass is 10.1. The van der Waals surface area contributed by atoms with Gasteiger partial charge in [0.2, 0.25) is 11.8 Å². The summed E-state index contributed by atoms with van der Waals surface area (Å²) in [7, 11) is 0. The van der Waals surface area contributed by atoms with Crippen molar-refractivity contribution in [2.24, 2.45) is 0 Å². The summed E-state index contributed by atoms with van der Waals surface area (Å²) in [6, 6.07) is 9.72. The Bertz CT molecular complexity index is 694. The summed E-state index contributed by atoms with van der Waals surface area (Å²) in [5.74, 6) is -0.158. The van der Waals surface area contributed by atoms with Crippen molar-refractivity contribution in [3.63, 3.8) is 0 Å². The number of amides is 2. The Kier molecular flexibility index (Phi) is 6.07. The fourth-order valence-corrected chi connectivity index (χ4v) is 2.58. The summed E-state index contributed by atoms with van der Waals surface area (Å²) < 4.78 is 0. The van der Waals surface area contributed by atoms with Crippen LogP contribution < -0.4 is 10.2 Å². The molecule has 2 rings (SSSR count). The molecule has 2 amide bonds. The molecular formula is C19H23N3O2. The number of hydrogen-bond donors (Lipinski definition) is 1. The second-order valence-electron chi connectivity index (χ2n) is 5.90. The summed E-state index contributed by atoms with van der Waals surface area (Å²) >= 11 is 0. The van der Waals surface area contributed by atoms with Gasteiger partial charge in [0.1, 0.15) is 0 Å². The molecule has 1 N–H and O–H groups in total. The van der Waals surface area contributed by atoms with Gasteiger partial charge in [0.25, 0.3) is 0 Å². The second-order valence-corrected chi connectivity index (χ2v) is 5.90. The Morgan fingerprint density at radius 3 is 2.46 bits per heavy atom. The quantitative estimate of drug-likeness (QED) is 0.888. The minimum absolute atomic E-state index is 0.0694. The number of nitrogens with one attached hydrogen (secondary N) is 1. The predicted molar refractivity (Wildman–Crippen MR) is 94.6 cm³/mol. The molecule has 126 valence electrons. The molecule has 0 fully saturated rings. The average Bonchev–Trinajstić information content (AvgIpc) is 2.53. The van der Waals surface area contributed by atoms with Crippen LogP contribution in [0.2, 0.25) is 0 Å². The van der Waals surface area contributed by atoms with Crippen molar-refractivity contribution >= 4 is 17.5 Å². The smallest absolute Gasteiger partial charge is 0.223 e. The van der Waals surface area contributed by atoms with Gasteiger partial charge in [-0.2, -0.15) is 0 Å². The van der Waals surface area contributed by atoms with Gasteiger partial charge in [-0.25, -0.2) is 0 Å². The van der Waals surface area contributed by atoms with Gasteiger partial charge in [0.05, 0.1) is 0 Å². The van der Waals surface area contributed by atoms with Crippen LogP contribution in [0.25, 0.3) is 0 Å². The molecule has 0 atom stereocenters. The number of benzene rings is 1. The van der Waals surface area contributed by atoms with E-state index in [0.29, 0.717) is 13.1 Å². The highest BCUT2D eigenvalue weighted by Crippen LogP contribution is 2.19. The Labute approximate surface area is 142 Å². The molecule has 5 heteroatoms. The number of carbonyl (C=O) groups excluding carboxylic acids is 2. The lowest BCUT2D eigenvalue weighted by Gasteiger charge is -2.22. The highest BCUT2D eigenvalue weighted by Gasteiger charge is 2.14. The van der Waals surface area contributed by atoms with E-state index >= 15 is 0 Å². The molecule has 1 aromatic heterocycles. The first-order chi connectivity index (χ1) is 11.5. The van der Waals surface area contributed by atoms with Crippen LogP contribution in [0.4, 0.5) is 5.69 Å². The van der Waals surface area contributed by atoms with Crippen LogP contribution in [0.15, 0.2) is 42.7 Å². The Morgan fingerprint density at radius 1 is 1.17 bits per heavy atom. The van der Waals surface area contributed by atoms with E-state index in [1.165, 1.54) is 6.92 Å². The van der Waals surface area contributed by atoms with Gasteiger partial charge >= 0.3 is 0 Å². The van der Waals surface area contributed by atoms with Gasteiger partial charge in [-0.1, -0.05) is 12.1 Å². The minimum atomic E-state index is -0.0884. The first kappa shape index (κ1) is 17.7. The van der Waals surface area contributed by atoms with Gasteiger partial charge in [0, 0.05) is 44.5 Å². The van der Waals surface area contributed by atoms with Crippen molar-refractivity contribution in [3.8, 4) is 0 Å². The van der Waals surface area contributed by atoms with E-state index in [-0.39, 0.29) is 18.2 Å². The van der Waals surface area contributed by atoms with Crippen molar-refractivity contribution in [1.29, 1.82) is 0 Å². The summed E-state index contributed by atoms with van der Waals surface area (Å²) in [4.78, 5) is 29.6. The number of pyridine rings is 1. The van der Waals surface area contributed by atoms with Gasteiger partial charge in [0.15, 0.2) is 0 Å². The fourth-order valence-electron chi connectivity index (χ4n) is 2.58. The lowest BCUT2D eigenvalue weighted by Crippen LogP contribution is -2.33. The predicted octanol–water partition coefficient (Wildman–Crippen LogP) is 2.76. The molecule has 0 aliphatic heterocycles. The van der Waals surface area contributed by atoms with Gasteiger partial charge < -0.3 is 10.2 Å². The molecule has 5 nitrogen and oxygen atoms in total. The molecule has 0 unspecified atom stereocenters. The summed E-state index contributed by atoms with van der Waals surface area (Å²) in [5.41, 5.74) is 3.97. The van der Waals surface area contributed by atoms with E-state index < -0.39 is 0 Å². The number of hydrogen-bond acceptors (Lipinski definition) is 3. The number of anilines is 1. The van der Waals surface area contributed by atoms with Crippen molar-refractivity contribution in [3.05, 3.63) is 59.4 Å². The molecule has 1 aromatic carbocycles. The van der Waals surface area contributed by atoms with E-state index in [2.05, 4.69) is 16.4 Å². The van der Waals surface area contributed by atoms with E-state index in [0.717, 1.165) is 22.4 Å². The molecular weight excluding hydrogens is 302 g/mol. The standard InChI is InChI=1S/C19H23N3O2/c1-14-9-15(2)11-18(10-14)22(16(3)23)8-6-19(24)21-13-17-5-4-7-20-12-17/h4-5,7,9-12H,6,8,13H2,1-3H3,(H,21,24). The normalized spacial score (nSPS) is 10.3. The van der Waals surface area contributed by atoms with Crippen LogP contribution in [0.1, 0.15) is 30.0 Å². The molecule has 0 radical (unpaired) electrons. The van der Waals surface area contributed by atoms with Crippen LogP contribution in [-0.4, -0.2) is 23.3 Å². The highest BCUT2D eigenvalue weighted by atomic mass is 16.2. The zero-order chi connectivity index (χ0) is 17.5. The Hall–Kier alpha value is -2.69. The van der Waals surface area contributed by atoms with E-state index in [1.807, 2.05) is 38.1 Å². The summed E-state index contributed by atoms with van der Waals surface area (Å²) in [6.07, 6.45) is 3.67. The van der Waals surface area contributed by atoms with Gasteiger partial charge in [-0.3, -0.25) is 14.6 Å². The molecule has 0 saturated carbocycles. The lowest BCUT2D eigenvalue weighted by molar-refractivity contribution is -0.121. The van der Waals surface area contributed by atoms with Crippen molar-refractivity contribution in [1.82, 2.24) is 10.3 Å². The maximum atomic E-state index is 12.0. The third-order valence-electron chi connectivity index (χ3n) is 3.67. The summed E-state index contributed by atoms with van der Waals surface area (Å²) in [5, 5.41) is 2.85. The van der Waals surface area contributed by atoms with E-state index in [1.54, 1.807) is 17.3 Å². The largest absolute Gasteiger partial charge is 0.352 e. The zero-order valence-electron chi connectivity index (χ0n) is 14.4. The molecule has 0 aliphatic carbocycles. The van der Waals surface area contributed by atoms with Crippen LogP contribution >= 0.6 is 0 Å². The Balaban J connectivity index is 1.93. The molecule has 0 aliphatic rings. The van der Waals surface area contributed by atoms with Gasteiger partial charge in [-0.15, -0.1) is 0 Å². The molecule has 24 heavy (non-hydrogen) atoms. The van der Waals surface area contributed by atoms with Crippen molar-refractivity contribution in [2.45, 2.75) is 33.7 Å². The zero-order valence-corrected chi connectivity index (χ0v) is 14.4. The summed E-state index contributed by atoms with van der Waals surface area (Å²) in [6.45, 7) is 6.31. The highest BCUT2D eigenvalue weighted by molar-refractivity contribution is 5.92. The number of aromatic nitrogens is 1. The number of rotatable bonds is 6. The maximum Gasteiger partial charge on any atom is 0.223 e. The third kappa shape index (κ3) is 5.19. The Morgan fingerprint density at radius 2 is 1.88 bits per heavy atom. The van der Waals surface area contributed by atoms with Gasteiger partial charge in [-0.05, 0) is 48.7 Å². The third-order valence-corrected chi connectivity index (χ3v) is 3.67. The maximum absolute atomic E-state index is 12.0. The van der Waals surface area contributed by atoms with E-state index in [9.17, 15) is 9.59 Å². The number of aryl methyl sites for hydroxylation is 2. The molecule has 0 spiro atoms. The molecule has 0 bridgehead atoms. The van der Waals surface area contributed by atoms with Crippen LogP contribution in [0.3, 0.4) is 0 Å².